The normalized spacial score (nSPS) is 19.5. The van der Waals surface area contributed by atoms with E-state index in [4.69, 9.17) is 9.47 Å². The van der Waals surface area contributed by atoms with Crippen molar-refractivity contribution in [2.75, 3.05) is 19.0 Å². The predicted octanol–water partition coefficient (Wildman–Crippen LogP) is 3.11. The molecule has 1 heterocycles. The highest BCUT2D eigenvalue weighted by Gasteiger charge is 2.32. The summed E-state index contributed by atoms with van der Waals surface area (Å²) in [5.74, 6) is -0.205. The van der Waals surface area contributed by atoms with Crippen LogP contribution in [0.15, 0.2) is 24.3 Å². The van der Waals surface area contributed by atoms with E-state index in [2.05, 4.69) is 5.32 Å². The van der Waals surface area contributed by atoms with Crippen molar-refractivity contribution in [1.82, 2.24) is 4.57 Å². The van der Waals surface area contributed by atoms with Gasteiger partial charge in [-0.3, -0.25) is 4.79 Å². The Morgan fingerprint density at radius 1 is 1.28 bits per heavy atom. The van der Waals surface area contributed by atoms with E-state index in [9.17, 15) is 9.59 Å². The van der Waals surface area contributed by atoms with E-state index in [0.29, 0.717) is 30.3 Å². The third kappa shape index (κ3) is 3.39. The van der Waals surface area contributed by atoms with E-state index in [1.807, 2.05) is 31.2 Å². The number of hydrogen-bond acceptors (Lipinski definition) is 4. The molecule has 1 amide bonds. The zero-order valence-electron chi connectivity index (χ0n) is 14.9. The van der Waals surface area contributed by atoms with Crippen LogP contribution in [0.5, 0.6) is 0 Å². The Labute approximate surface area is 147 Å². The first-order valence-electron chi connectivity index (χ1n) is 8.62. The van der Waals surface area contributed by atoms with E-state index in [0.717, 1.165) is 23.7 Å². The Morgan fingerprint density at radius 3 is 2.68 bits per heavy atom. The molecule has 0 bridgehead atoms. The van der Waals surface area contributed by atoms with Crippen LogP contribution in [0.4, 0.5) is 5.69 Å². The van der Waals surface area contributed by atoms with Crippen molar-refractivity contribution in [3.8, 4) is 0 Å². The summed E-state index contributed by atoms with van der Waals surface area (Å²) < 4.78 is 12.2. The lowest BCUT2D eigenvalue weighted by atomic mass is 9.80. The zero-order chi connectivity index (χ0) is 18.0. The van der Waals surface area contributed by atoms with Gasteiger partial charge in [0.2, 0.25) is 5.91 Å². The molecule has 1 aliphatic carbocycles. The fourth-order valence-electron chi connectivity index (χ4n) is 3.52. The van der Waals surface area contributed by atoms with Gasteiger partial charge in [-0.25, -0.2) is 4.79 Å². The highest BCUT2D eigenvalue weighted by molar-refractivity contribution is 6.11. The smallest absolute Gasteiger partial charge is 0.356 e. The average molecular weight is 344 g/mol. The van der Waals surface area contributed by atoms with Gasteiger partial charge in [-0.15, -0.1) is 0 Å². The maximum absolute atomic E-state index is 12.5. The van der Waals surface area contributed by atoms with Crippen LogP contribution in [0.1, 0.15) is 36.7 Å². The second-order valence-corrected chi connectivity index (χ2v) is 6.46. The van der Waals surface area contributed by atoms with Crippen LogP contribution in [-0.4, -0.2) is 36.3 Å². The number of carbonyl (C=O) groups is 2. The van der Waals surface area contributed by atoms with Crippen LogP contribution in [-0.2, 0) is 21.3 Å². The van der Waals surface area contributed by atoms with Gasteiger partial charge >= 0.3 is 5.97 Å². The minimum atomic E-state index is -0.464. The van der Waals surface area contributed by atoms with Crippen LogP contribution >= 0.6 is 0 Å². The number of anilines is 1. The number of para-hydroxylation sites is 1. The number of ether oxygens (including phenoxy) is 2. The fraction of sp³-hybridized carbons (Fsp3) is 0.474. The summed E-state index contributed by atoms with van der Waals surface area (Å²) in [6, 6.07) is 7.59. The number of benzene rings is 1. The van der Waals surface area contributed by atoms with E-state index in [1.165, 1.54) is 7.11 Å². The molecule has 0 saturated heterocycles. The molecule has 2 aromatic rings. The second-order valence-electron chi connectivity index (χ2n) is 6.46. The third-order valence-electron chi connectivity index (χ3n) is 4.82. The van der Waals surface area contributed by atoms with Gasteiger partial charge in [0.1, 0.15) is 0 Å². The summed E-state index contributed by atoms with van der Waals surface area (Å²) in [5.41, 5.74) is 1.76. The van der Waals surface area contributed by atoms with E-state index in [-0.39, 0.29) is 12.0 Å². The van der Waals surface area contributed by atoms with Gasteiger partial charge in [-0.1, -0.05) is 18.2 Å². The number of amides is 1. The summed E-state index contributed by atoms with van der Waals surface area (Å²) in [7, 11) is 3.14. The molecule has 0 atom stereocenters. The highest BCUT2D eigenvalue weighted by Crippen LogP contribution is 2.34. The first-order valence-corrected chi connectivity index (χ1v) is 8.62. The molecule has 25 heavy (non-hydrogen) atoms. The molecule has 1 saturated carbocycles. The number of aromatic nitrogens is 1. The number of nitrogens with one attached hydrogen (secondary N) is 1. The van der Waals surface area contributed by atoms with Crippen molar-refractivity contribution in [1.29, 1.82) is 0 Å². The molecule has 0 spiro atoms. The van der Waals surface area contributed by atoms with Crippen LogP contribution in [0.2, 0.25) is 0 Å². The molecule has 134 valence electrons. The lowest BCUT2D eigenvalue weighted by Gasteiger charge is -2.34. The average Bonchev–Trinajstić information content (AvgIpc) is 2.85. The van der Waals surface area contributed by atoms with Crippen molar-refractivity contribution in [2.24, 2.45) is 13.0 Å². The molecule has 6 nitrogen and oxygen atoms in total. The summed E-state index contributed by atoms with van der Waals surface area (Å²) in [6.07, 6.45) is 2.56. The summed E-state index contributed by atoms with van der Waals surface area (Å²) in [6.45, 7) is 2.69. The molecule has 3 rings (SSSR count). The van der Waals surface area contributed by atoms with Crippen LogP contribution in [0.3, 0.4) is 0 Å². The largest absolute Gasteiger partial charge is 0.464 e. The van der Waals surface area contributed by atoms with E-state index < -0.39 is 5.97 Å². The van der Waals surface area contributed by atoms with Crippen molar-refractivity contribution >= 4 is 28.5 Å². The monoisotopic (exact) mass is 344 g/mol. The first-order chi connectivity index (χ1) is 12.0. The molecule has 1 aromatic carbocycles. The number of aryl methyl sites for hydroxylation is 1. The lowest BCUT2D eigenvalue weighted by Crippen LogP contribution is -2.34. The van der Waals surface area contributed by atoms with Gasteiger partial charge < -0.3 is 19.4 Å². The molecule has 1 aliphatic rings. The Bertz CT molecular complexity index is 790. The van der Waals surface area contributed by atoms with Gasteiger partial charge in [-0.2, -0.15) is 0 Å². The number of rotatable bonds is 6. The van der Waals surface area contributed by atoms with Gasteiger partial charge in [0.05, 0.1) is 24.4 Å². The molecular weight excluding hydrogens is 320 g/mol. The Balaban J connectivity index is 1.78. The number of fused-ring (bicyclic) bond motifs is 1. The fourth-order valence-corrected chi connectivity index (χ4v) is 3.52. The Morgan fingerprint density at radius 2 is 2.00 bits per heavy atom. The lowest BCUT2D eigenvalue weighted by molar-refractivity contribution is -0.119. The van der Waals surface area contributed by atoms with E-state index in [1.54, 1.807) is 11.6 Å². The minimum absolute atomic E-state index is 0.0820. The standard InChI is InChI=1S/C19H24N2O4/c1-4-25-13-9-12(10-13)11-16(22)20-17-14-7-5-6-8-15(14)21(2)18(17)19(23)24-3/h5-8,12-13H,4,9-11H2,1-3H3,(H,20,22). The highest BCUT2D eigenvalue weighted by atomic mass is 16.5. The maximum atomic E-state index is 12.5. The van der Waals surface area contributed by atoms with Crippen LogP contribution in [0.25, 0.3) is 10.9 Å². The van der Waals surface area contributed by atoms with E-state index >= 15 is 0 Å². The van der Waals surface area contributed by atoms with Gasteiger partial charge in [-0.05, 0) is 31.7 Å². The second kappa shape index (κ2) is 7.27. The molecule has 1 N–H and O–H groups in total. The molecule has 1 fully saturated rings. The summed E-state index contributed by atoms with van der Waals surface area (Å²) >= 11 is 0. The maximum Gasteiger partial charge on any atom is 0.356 e. The number of methoxy groups -OCH3 is 1. The van der Waals surface area contributed by atoms with Crippen molar-refractivity contribution < 1.29 is 19.1 Å². The van der Waals surface area contributed by atoms with Crippen molar-refractivity contribution in [3.05, 3.63) is 30.0 Å². The molecular formula is C19H24N2O4. The third-order valence-corrected chi connectivity index (χ3v) is 4.82. The number of nitrogens with zero attached hydrogens (tertiary/aromatic N) is 1. The molecule has 0 unspecified atom stereocenters. The Hall–Kier alpha value is -2.34. The quantitative estimate of drug-likeness (QED) is 0.818. The number of hydrogen-bond donors (Lipinski definition) is 1. The molecule has 6 heteroatoms. The Kier molecular flexibility index (Phi) is 5.08. The van der Waals surface area contributed by atoms with Gasteiger partial charge in [0, 0.05) is 25.5 Å². The summed E-state index contributed by atoms with van der Waals surface area (Å²) in [5, 5.41) is 3.77. The van der Waals surface area contributed by atoms with Crippen LogP contribution < -0.4 is 5.32 Å². The molecule has 0 aliphatic heterocycles. The van der Waals surface area contributed by atoms with Gasteiger partial charge in [0.25, 0.3) is 0 Å². The van der Waals surface area contributed by atoms with Crippen molar-refractivity contribution in [3.63, 3.8) is 0 Å². The summed E-state index contributed by atoms with van der Waals surface area (Å²) in [4.78, 5) is 24.7. The minimum Gasteiger partial charge on any atom is -0.464 e. The predicted molar refractivity (Wildman–Crippen MR) is 95.6 cm³/mol. The SMILES string of the molecule is CCOC1CC(CC(=O)Nc2c(C(=O)OC)n(C)c3ccccc23)C1. The van der Waals surface area contributed by atoms with Gasteiger partial charge in [0.15, 0.2) is 5.69 Å². The molecule has 0 radical (unpaired) electrons. The van der Waals surface area contributed by atoms with Crippen molar-refractivity contribution in [2.45, 2.75) is 32.3 Å². The van der Waals surface area contributed by atoms with Crippen LogP contribution in [0, 0.1) is 5.92 Å². The zero-order valence-corrected chi connectivity index (χ0v) is 14.9. The topological polar surface area (TPSA) is 69.6 Å². The number of esters is 1. The number of carbonyl (C=O) groups excluding carboxylic acids is 2. The molecule has 1 aromatic heterocycles. The first kappa shape index (κ1) is 17.5.